The highest BCUT2D eigenvalue weighted by Gasteiger charge is 2.14. The third-order valence-electron chi connectivity index (χ3n) is 4.21. The van der Waals surface area contributed by atoms with Gasteiger partial charge in [0.1, 0.15) is 0 Å². The summed E-state index contributed by atoms with van der Waals surface area (Å²) in [6.07, 6.45) is 0. The molecule has 0 atom stereocenters. The normalized spacial score (nSPS) is 10.6. The van der Waals surface area contributed by atoms with E-state index in [0.717, 1.165) is 22.2 Å². The Morgan fingerprint density at radius 2 is 1.81 bits per heavy atom. The lowest BCUT2D eigenvalue weighted by molar-refractivity contribution is -0.114. The van der Waals surface area contributed by atoms with Crippen LogP contribution in [0.1, 0.15) is 34.1 Å². The lowest BCUT2D eigenvalue weighted by Gasteiger charge is -2.12. The first-order valence-corrected chi connectivity index (χ1v) is 8.46. The fourth-order valence-electron chi connectivity index (χ4n) is 2.88. The highest BCUT2D eigenvalue weighted by molar-refractivity contribution is 6.08. The van der Waals surface area contributed by atoms with Crippen LogP contribution in [0.15, 0.2) is 48.5 Å². The summed E-state index contributed by atoms with van der Waals surface area (Å²) in [5.74, 6) is -0.389. The molecule has 1 heterocycles. The van der Waals surface area contributed by atoms with Gasteiger partial charge >= 0.3 is 0 Å². The molecule has 2 aromatic carbocycles. The third kappa shape index (κ3) is 3.88. The Hall–Kier alpha value is -3.21. The number of aryl methyl sites for hydroxylation is 2. The fourth-order valence-corrected chi connectivity index (χ4v) is 2.88. The molecule has 0 bridgehead atoms. The number of nitrogens with zero attached hydrogens (tertiary/aromatic N) is 1. The van der Waals surface area contributed by atoms with Crippen LogP contribution in [0.5, 0.6) is 0 Å². The fraction of sp³-hybridized carbons (Fsp3) is 0.190. The summed E-state index contributed by atoms with van der Waals surface area (Å²) in [6.45, 7) is 5.78. The molecule has 0 aliphatic heterocycles. The highest BCUT2D eigenvalue weighted by Crippen LogP contribution is 2.23. The summed E-state index contributed by atoms with van der Waals surface area (Å²) in [4.78, 5) is 28.7. The highest BCUT2D eigenvalue weighted by atomic mass is 16.2. The second kappa shape index (κ2) is 7.35. The number of fused-ring (bicyclic) bond motifs is 1. The van der Waals surface area contributed by atoms with Crippen LogP contribution in [0, 0.1) is 13.8 Å². The zero-order valence-electron chi connectivity index (χ0n) is 15.1. The van der Waals surface area contributed by atoms with Gasteiger partial charge in [0.05, 0.1) is 11.1 Å². The van der Waals surface area contributed by atoms with Gasteiger partial charge < -0.3 is 10.6 Å². The van der Waals surface area contributed by atoms with E-state index in [2.05, 4.69) is 15.6 Å². The lowest BCUT2D eigenvalue weighted by Crippen LogP contribution is -2.23. The van der Waals surface area contributed by atoms with Gasteiger partial charge in [-0.05, 0) is 43.2 Å². The van der Waals surface area contributed by atoms with E-state index in [1.807, 2.05) is 50.2 Å². The van der Waals surface area contributed by atoms with Gasteiger partial charge in [0, 0.05) is 30.2 Å². The molecular weight excluding hydrogens is 326 g/mol. The Labute approximate surface area is 152 Å². The first-order valence-electron chi connectivity index (χ1n) is 8.46. The van der Waals surface area contributed by atoms with E-state index in [4.69, 9.17) is 0 Å². The molecule has 1 aromatic heterocycles. The molecule has 2 amide bonds. The van der Waals surface area contributed by atoms with Gasteiger partial charge in [0.15, 0.2) is 0 Å². The van der Waals surface area contributed by atoms with E-state index in [1.54, 1.807) is 12.1 Å². The standard InChI is InChI=1S/C21H21N3O2/c1-13-6-4-5-7-16(13)12-22-21(26)19-10-17(24-15(3)25)11-20-18(19)9-8-14(2)23-20/h4-11H,12H2,1-3H3,(H,22,26)(H,24,25). The van der Waals surface area contributed by atoms with Crippen LogP contribution < -0.4 is 10.6 Å². The van der Waals surface area contributed by atoms with Gasteiger partial charge in [-0.3, -0.25) is 14.6 Å². The molecule has 0 spiro atoms. The topological polar surface area (TPSA) is 71.1 Å². The molecule has 0 aliphatic rings. The van der Waals surface area contributed by atoms with Crippen molar-refractivity contribution in [3.63, 3.8) is 0 Å². The Morgan fingerprint density at radius 1 is 1.04 bits per heavy atom. The van der Waals surface area contributed by atoms with E-state index in [9.17, 15) is 9.59 Å². The first-order chi connectivity index (χ1) is 12.4. The van der Waals surface area contributed by atoms with E-state index < -0.39 is 0 Å². The third-order valence-corrected chi connectivity index (χ3v) is 4.21. The average Bonchev–Trinajstić information content (AvgIpc) is 2.59. The monoisotopic (exact) mass is 347 g/mol. The SMILES string of the molecule is CC(=O)Nc1cc(C(=O)NCc2ccccc2C)c2ccc(C)nc2c1. The molecular formula is C21H21N3O2. The predicted molar refractivity (Wildman–Crippen MR) is 103 cm³/mol. The minimum absolute atomic E-state index is 0.191. The summed E-state index contributed by atoms with van der Waals surface area (Å²) in [5.41, 5.74) is 4.77. The van der Waals surface area contributed by atoms with Crippen molar-refractivity contribution in [2.75, 3.05) is 5.32 Å². The van der Waals surface area contributed by atoms with Crippen molar-refractivity contribution in [1.29, 1.82) is 0 Å². The number of hydrogen-bond donors (Lipinski definition) is 2. The second-order valence-corrected chi connectivity index (χ2v) is 6.33. The van der Waals surface area contributed by atoms with Crippen LogP contribution in [0.2, 0.25) is 0 Å². The molecule has 132 valence electrons. The molecule has 0 fully saturated rings. The molecule has 0 unspecified atom stereocenters. The number of benzene rings is 2. The van der Waals surface area contributed by atoms with E-state index in [-0.39, 0.29) is 11.8 Å². The Kier molecular flexibility index (Phi) is 4.98. The van der Waals surface area contributed by atoms with Crippen molar-refractivity contribution in [3.05, 3.63) is 70.9 Å². The van der Waals surface area contributed by atoms with Crippen molar-refractivity contribution in [2.45, 2.75) is 27.3 Å². The average molecular weight is 347 g/mol. The quantitative estimate of drug-likeness (QED) is 0.755. The second-order valence-electron chi connectivity index (χ2n) is 6.33. The van der Waals surface area contributed by atoms with Crippen molar-refractivity contribution in [3.8, 4) is 0 Å². The molecule has 0 radical (unpaired) electrons. The predicted octanol–water partition coefficient (Wildman–Crippen LogP) is 3.74. The van der Waals surface area contributed by atoms with Gasteiger partial charge in [0.2, 0.25) is 5.91 Å². The zero-order valence-corrected chi connectivity index (χ0v) is 15.1. The van der Waals surface area contributed by atoms with Crippen molar-refractivity contribution < 1.29 is 9.59 Å². The summed E-state index contributed by atoms with van der Waals surface area (Å²) in [6, 6.07) is 15.2. The van der Waals surface area contributed by atoms with Crippen LogP contribution in [0.25, 0.3) is 10.9 Å². The van der Waals surface area contributed by atoms with Crippen molar-refractivity contribution in [1.82, 2.24) is 10.3 Å². The minimum atomic E-state index is -0.198. The largest absolute Gasteiger partial charge is 0.348 e. The van der Waals surface area contributed by atoms with Crippen LogP contribution in [0.3, 0.4) is 0 Å². The molecule has 26 heavy (non-hydrogen) atoms. The molecule has 5 nitrogen and oxygen atoms in total. The van der Waals surface area contributed by atoms with Gasteiger partial charge in [-0.25, -0.2) is 0 Å². The van der Waals surface area contributed by atoms with Crippen molar-refractivity contribution in [2.24, 2.45) is 0 Å². The van der Waals surface area contributed by atoms with Gasteiger partial charge in [-0.2, -0.15) is 0 Å². The number of carbonyl (C=O) groups excluding carboxylic acids is 2. The number of aromatic nitrogens is 1. The Morgan fingerprint density at radius 3 is 2.54 bits per heavy atom. The smallest absolute Gasteiger partial charge is 0.252 e. The first kappa shape index (κ1) is 17.6. The van der Waals surface area contributed by atoms with E-state index >= 15 is 0 Å². The minimum Gasteiger partial charge on any atom is -0.348 e. The van der Waals surface area contributed by atoms with Gasteiger partial charge in [-0.15, -0.1) is 0 Å². The van der Waals surface area contributed by atoms with Crippen LogP contribution >= 0.6 is 0 Å². The number of rotatable bonds is 4. The maximum absolute atomic E-state index is 12.8. The maximum atomic E-state index is 12.8. The number of anilines is 1. The summed E-state index contributed by atoms with van der Waals surface area (Å²) in [5, 5.41) is 6.46. The van der Waals surface area contributed by atoms with Crippen LogP contribution in [0.4, 0.5) is 5.69 Å². The molecule has 0 aliphatic carbocycles. The lowest BCUT2D eigenvalue weighted by atomic mass is 10.0. The summed E-state index contributed by atoms with van der Waals surface area (Å²) >= 11 is 0. The molecule has 3 rings (SSSR count). The molecule has 0 saturated heterocycles. The summed E-state index contributed by atoms with van der Waals surface area (Å²) in [7, 11) is 0. The Balaban J connectivity index is 1.95. The van der Waals surface area contributed by atoms with Crippen LogP contribution in [-0.2, 0) is 11.3 Å². The van der Waals surface area contributed by atoms with E-state index in [0.29, 0.717) is 23.3 Å². The number of nitrogens with one attached hydrogen (secondary N) is 2. The Bertz CT molecular complexity index is 996. The maximum Gasteiger partial charge on any atom is 0.252 e. The molecule has 0 saturated carbocycles. The number of carbonyl (C=O) groups is 2. The van der Waals surface area contributed by atoms with Gasteiger partial charge in [0.25, 0.3) is 5.91 Å². The number of pyridine rings is 1. The van der Waals surface area contributed by atoms with Crippen LogP contribution in [-0.4, -0.2) is 16.8 Å². The van der Waals surface area contributed by atoms with Gasteiger partial charge in [-0.1, -0.05) is 30.3 Å². The molecule has 5 heteroatoms. The molecule has 2 N–H and O–H groups in total. The number of amides is 2. The number of hydrogen-bond acceptors (Lipinski definition) is 3. The van der Waals surface area contributed by atoms with E-state index in [1.165, 1.54) is 6.92 Å². The molecule has 3 aromatic rings. The van der Waals surface area contributed by atoms with Crippen molar-refractivity contribution >= 4 is 28.4 Å². The summed E-state index contributed by atoms with van der Waals surface area (Å²) < 4.78 is 0. The zero-order chi connectivity index (χ0) is 18.7.